The van der Waals surface area contributed by atoms with Crippen LogP contribution in [0.25, 0.3) is 0 Å². The Balaban J connectivity index is 1.96. The molecule has 0 spiro atoms. The van der Waals surface area contributed by atoms with Crippen molar-refractivity contribution >= 4 is 0 Å². The fourth-order valence-corrected chi connectivity index (χ4v) is 0.972. The number of hydrogen-bond donors (Lipinski definition) is 1. The molecule has 1 aromatic rings. The first-order valence-corrected chi connectivity index (χ1v) is 4.15. The zero-order valence-corrected chi connectivity index (χ0v) is 7.14. The molecule has 1 aliphatic rings. The molecule has 0 bridgehead atoms. The van der Waals surface area contributed by atoms with E-state index in [2.05, 4.69) is 10.2 Å². The highest BCUT2D eigenvalue weighted by Crippen LogP contribution is 2.11. The molecule has 0 atom stereocenters. The Hall–Kier alpha value is -1.20. The van der Waals surface area contributed by atoms with E-state index in [1.807, 2.05) is 6.07 Å². The Morgan fingerprint density at radius 3 is 2.77 bits per heavy atom. The van der Waals surface area contributed by atoms with Crippen LogP contribution >= 0.6 is 0 Å². The molecule has 0 aliphatic carbocycles. The summed E-state index contributed by atoms with van der Waals surface area (Å²) in [5.41, 5.74) is 6.14. The van der Waals surface area contributed by atoms with Crippen LogP contribution in [0.15, 0.2) is 12.1 Å². The molecule has 0 unspecified atom stereocenters. The topological polar surface area (TPSA) is 70.3 Å². The Morgan fingerprint density at radius 1 is 1.46 bits per heavy atom. The predicted molar refractivity (Wildman–Crippen MR) is 45.2 cm³/mol. The number of nitrogens with zero attached hydrogens (tertiary/aromatic N) is 2. The maximum Gasteiger partial charge on any atom is 0.233 e. The monoisotopic (exact) mass is 181 g/mol. The second kappa shape index (κ2) is 3.68. The summed E-state index contributed by atoms with van der Waals surface area (Å²) in [5, 5.41) is 7.73. The fourth-order valence-electron chi connectivity index (χ4n) is 0.972. The smallest absolute Gasteiger partial charge is 0.233 e. The van der Waals surface area contributed by atoms with Crippen LogP contribution in [0.1, 0.15) is 5.69 Å². The van der Waals surface area contributed by atoms with Crippen molar-refractivity contribution in [1.82, 2.24) is 10.2 Å². The first-order chi connectivity index (χ1) is 6.38. The molecule has 0 aromatic carbocycles. The molecule has 2 N–H and O–H groups in total. The lowest BCUT2D eigenvalue weighted by molar-refractivity contribution is -0.0816. The minimum atomic E-state index is 0.137. The van der Waals surface area contributed by atoms with E-state index in [0.717, 1.165) is 5.69 Å². The first kappa shape index (κ1) is 8.40. The van der Waals surface area contributed by atoms with E-state index in [9.17, 15) is 0 Å². The van der Waals surface area contributed by atoms with Gasteiger partial charge in [-0.05, 0) is 6.07 Å². The highest BCUT2D eigenvalue weighted by molar-refractivity contribution is 5.11. The van der Waals surface area contributed by atoms with Crippen molar-refractivity contribution in [1.29, 1.82) is 0 Å². The van der Waals surface area contributed by atoms with Crippen molar-refractivity contribution in [3.05, 3.63) is 17.8 Å². The molecule has 0 amide bonds. The van der Waals surface area contributed by atoms with Crippen molar-refractivity contribution < 1.29 is 9.47 Å². The molecule has 1 aromatic heterocycles. The van der Waals surface area contributed by atoms with E-state index in [4.69, 9.17) is 15.2 Å². The molecular formula is C8H11N3O2. The van der Waals surface area contributed by atoms with Crippen LogP contribution in [0.4, 0.5) is 0 Å². The standard InChI is InChI=1S/C8H11N3O2/c9-3-6-1-2-8(11-10-6)13-7-4-12-5-7/h1-2,7H,3-5,9H2. The minimum absolute atomic E-state index is 0.137. The molecule has 70 valence electrons. The molecular weight excluding hydrogens is 170 g/mol. The molecule has 0 saturated carbocycles. The van der Waals surface area contributed by atoms with Gasteiger partial charge in [0.25, 0.3) is 0 Å². The zero-order chi connectivity index (χ0) is 9.10. The molecule has 1 aliphatic heterocycles. The number of nitrogens with two attached hydrogens (primary N) is 1. The average Bonchev–Trinajstić information content (AvgIpc) is 2.12. The molecule has 2 heterocycles. The summed E-state index contributed by atoms with van der Waals surface area (Å²) in [4.78, 5) is 0. The third-order valence-corrected chi connectivity index (χ3v) is 1.80. The third-order valence-electron chi connectivity index (χ3n) is 1.80. The van der Waals surface area contributed by atoms with E-state index >= 15 is 0 Å². The van der Waals surface area contributed by atoms with Gasteiger partial charge in [0.15, 0.2) is 0 Å². The average molecular weight is 181 g/mol. The highest BCUT2D eigenvalue weighted by atomic mass is 16.6. The molecule has 13 heavy (non-hydrogen) atoms. The molecule has 2 rings (SSSR count). The largest absolute Gasteiger partial charge is 0.468 e. The minimum Gasteiger partial charge on any atom is -0.468 e. The van der Waals surface area contributed by atoms with E-state index < -0.39 is 0 Å². The summed E-state index contributed by atoms with van der Waals surface area (Å²) in [6.45, 7) is 1.68. The predicted octanol–water partition coefficient (Wildman–Crippen LogP) is -0.287. The van der Waals surface area contributed by atoms with Gasteiger partial charge < -0.3 is 15.2 Å². The Bertz CT molecular complexity index is 271. The van der Waals surface area contributed by atoms with E-state index in [-0.39, 0.29) is 6.10 Å². The molecule has 1 saturated heterocycles. The number of rotatable bonds is 3. The van der Waals surface area contributed by atoms with E-state index in [0.29, 0.717) is 25.6 Å². The lowest BCUT2D eigenvalue weighted by atomic mass is 10.3. The van der Waals surface area contributed by atoms with Gasteiger partial charge in [0, 0.05) is 12.6 Å². The molecule has 5 nitrogen and oxygen atoms in total. The summed E-state index contributed by atoms with van der Waals surface area (Å²) < 4.78 is 10.4. The fraction of sp³-hybridized carbons (Fsp3) is 0.500. The van der Waals surface area contributed by atoms with Gasteiger partial charge in [0.2, 0.25) is 5.88 Å². The molecule has 1 fully saturated rings. The Labute approximate surface area is 75.9 Å². The van der Waals surface area contributed by atoms with Gasteiger partial charge >= 0.3 is 0 Å². The van der Waals surface area contributed by atoms with Crippen LogP contribution in [0.5, 0.6) is 5.88 Å². The van der Waals surface area contributed by atoms with Crippen LogP contribution in [0.3, 0.4) is 0 Å². The summed E-state index contributed by atoms with van der Waals surface area (Å²) in [5.74, 6) is 0.533. The van der Waals surface area contributed by atoms with Crippen molar-refractivity contribution in [2.24, 2.45) is 5.73 Å². The SMILES string of the molecule is NCc1ccc(OC2COC2)nn1. The number of ether oxygens (including phenoxy) is 2. The van der Waals surface area contributed by atoms with Gasteiger partial charge in [-0.3, -0.25) is 0 Å². The van der Waals surface area contributed by atoms with Gasteiger partial charge in [-0.25, -0.2) is 0 Å². The van der Waals surface area contributed by atoms with Gasteiger partial charge in [0.1, 0.15) is 6.10 Å². The lowest BCUT2D eigenvalue weighted by Crippen LogP contribution is -2.38. The van der Waals surface area contributed by atoms with Crippen LogP contribution in [-0.2, 0) is 11.3 Å². The van der Waals surface area contributed by atoms with E-state index in [1.54, 1.807) is 6.07 Å². The summed E-state index contributed by atoms with van der Waals surface area (Å²) >= 11 is 0. The highest BCUT2D eigenvalue weighted by Gasteiger charge is 2.20. The second-order valence-electron chi connectivity index (χ2n) is 2.84. The van der Waals surface area contributed by atoms with Crippen molar-refractivity contribution in [2.75, 3.05) is 13.2 Å². The van der Waals surface area contributed by atoms with Crippen LogP contribution in [-0.4, -0.2) is 29.5 Å². The van der Waals surface area contributed by atoms with Crippen LogP contribution in [0.2, 0.25) is 0 Å². The third kappa shape index (κ3) is 1.93. The Kier molecular flexibility index (Phi) is 2.37. The van der Waals surface area contributed by atoms with Crippen molar-refractivity contribution in [2.45, 2.75) is 12.6 Å². The summed E-state index contributed by atoms with van der Waals surface area (Å²) in [6.07, 6.45) is 0.137. The first-order valence-electron chi connectivity index (χ1n) is 4.15. The summed E-state index contributed by atoms with van der Waals surface area (Å²) in [7, 11) is 0. The molecule has 0 radical (unpaired) electrons. The molecule has 5 heteroatoms. The Morgan fingerprint density at radius 2 is 2.31 bits per heavy atom. The maximum absolute atomic E-state index is 5.41. The van der Waals surface area contributed by atoms with Crippen molar-refractivity contribution in [3.63, 3.8) is 0 Å². The van der Waals surface area contributed by atoms with Crippen LogP contribution in [0, 0.1) is 0 Å². The van der Waals surface area contributed by atoms with Gasteiger partial charge in [-0.1, -0.05) is 0 Å². The van der Waals surface area contributed by atoms with E-state index in [1.165, 1.54) is 0 Å². The van der Waals surface area contributed by atoms with Gasteiger partial charge in [-0.15, -0.1) is 5.10 Å². The van der Waals surface area contributed by atoms with Gasteiger partial charge in [0.05, 0.1) is 18.9 Å². The maximum atomic E-state index is 5.41. The number of aromatic nitrogens is 2. The second-order valence-corrected chi connectivity index (χ2v) is 2.84. The van der Waals surface area contributed by atoms with Gasteiger partial charge in [-0.2, -0.15) is 5.10 Å². The quantitative estimate of drug-likeness (QED) is 0.694. The van der Waals surface area contributed by atoms with Crippen molar-refractivity contribution in [3.8, 4) is 5.88 Å². The normalized spacial score (nSPS) is 16.7. The number of hydrogen-bond acceptors (Lipinski definition) is 5. The van der Waals surface area contributed by atoms with Crippen LogP contribution < -0.4 is 10.5 Å². The zero-order valence-electron chi connectivity index (χ0n) is 7.14. The lowest BCUT2D eigenvalue weighted by Gasteiger charge is -2.25. The summed E-state index contributed by atoms with van der Waals surface area (Å²) in [6, 6.07) is 3.58.